The molecule has 5 heteroatoms. The molecule has 1 N–H and O–H groups in total. The monoisotopic (exact) mass is 458 g/mol. The molecule has 0 saturated heterocycles. The minimum Gasteiger partial charge on any atom is -0.352 e. The van der Waals surface area contributed by atoms with Gasteiger partial charge in [0.1, 0.15) is 6.04 Å². The molecular weight excluding hydrogens is 428 g/mol. The molecule has 0 spiro atoms. The van der Waals surface area contributed by atoms with E-state index in [4.69, 9.17) is 0 Å². The molecule has 0 heterocycles. The quantitative estimate of drug-likeness (QED) is 0.608. The molecule has 2 rings (SSSR count). The molecule has 156 valence electrons. The van der Waals surface area contributed by atoms with E-state index in [9.17, 15) is 9.59 Å². The van der Waals surface area contributed by atoms with E-state index in [1.54, 1.807) is 11.8 Å². The summed E-state index contributed by atoms with van der Waals surface area (Å²) in [6.07, 6.45) is 1.12. The van der Waals surface area contributed by atoms with Crippen LogP contribution in [0.5, 0.6) is 0 Å². The molecule has 2 aromatic carbocycles. The first-order valence-electron chi connectivity index (χ1n) is 10.1. The van der Waals surface area contributed by atoms with Crippen LogP contribution in [0.2, 0.25) is 0 Å². The van der Waals surface area contributed by atoms with Gasteiger partial charge in [0.2, 0.25) is 11.8 Å². The van der Waals surface area contributed by atoms with Crippen LogP contribution in [0.15, 0.2) is 46.9 Å². The summed E-state index contributed by atoms with van der Waals surface area (Å²) < 4.78 is 0.952. The first-order chi connectivity index (χ1) is 13.7. The second-order valence-electron chi connectivity index (χ2n) is 7.74. The average Bonchev–Trinajstić information content (AvgIpc) is 2.68. The van der Waals surface area contributed by atoms with Crippen LogP contribution in [0.25, 0.3) is 0 Å². The molecule has 2 amide bonds. The predicted molar refractivity (Wildman–Crippen MR) is 122 cm³/mol. The van der Waals surface area contributed by atoms with Crippen molar-refractivity contribution < 1.29 is 9.59 Å². The number of amides is 2. The zero-order valence-electron chi connectivity index (χ0n) is 18.0. The third-order valence-corrected chi connectivity index (χ3v) is 5.83. The summed E-state index contributed by atoms with van der Waals surface area (Å²) in [5.41, 5.74) is 4.31. The highest BCUT2D eigenvalue weighted by atomic mass is 79.9. The van der Waals surface area contributed by atoms with Gasteiger partial charge < -0.3 is 10.2 Å². The van der Waals surface area contributed by atoms with E-state index < -0.39 is 6.04 Å². The fourth-order valence-corrected chi connectivity index (χ4v) is 3.52. The summed E-state index contributed by atoms with van der Waals surface area (Å²) in [7, 11) is 0. The Kier molecular flexibility index (Phi) is 8.45. The van der Waals surface area contributed by atoms with E-state index in [1.165, 1.54) is 5.56 Å². The van der Waals surface area contributed by atoms with Gasteiger partial charge in [0.05, 0.1) is 6.42 Å². The number of rotatable bonds is 8. The molecule has 0 unspecified atom stereocenters. The van der Waals surface area contributed by atoms with Gasteiger partial charge in [-0.25, -0.2) is 0 Å². The summed E-state index contributed by atoms with van der Waals surface area (Å²) in [5.74, 6) is -0.178. The molecule has 0 aliphatic rings. The largest absolute Gasteiger partial charge is 0.352 e. The maximum absolute atomic E-state index is 13.2. The summed E-state index contributed by atoms with van der Waals surface area (Å²) >= 11 is 3.48. The van der Waals surface area contributed by atoms with Crippen LogP contribution in [0.1, 0.15) is 49.4 Å². The maximum Gasteiger partial charge on any atom is 0.242 e. The van der Waals surface area contributed by atoms with Gasteiger partial charge in [-0.3, -0.25) is 9.59 Å². The Morgan fingerprint density at radius 2 is 1.76 bits per heavy atom. The highest BCUT2D eigenvalue weighted by Crippen LogP contribution is 2.17. The molecule has 0 aromatic heterocycles. The van der Waals surface area contributed by atoms with Crippen LogP contribution >= 0.6 is 15.9 Å². The Bertz CT molecular complexity index is 866. The Labute approximate surface area is 182 Å². The topological polar surface area (TPSA) is 49.4 Å². The van der Waals surface area contributed by atoms with Gasteiger partial charge in [-0.15, -0.1) is 0 Å². The normalized spacial score (nSPS) is 12.9. The molecule has 0 aliphatic heterocycles. The van der Waals surface area contributed by atoms with E-state index in [0.29, 0.717) is 6.54 Å². The third-order valence-electron chi connectivity index (χ3n) is 5.34. The van der Waals surface area contributed by atoms with Gasteiger partial charge in [0.15, 0.2) is 0 Å². The number of carbonyl (C=O) groups excluding carboxylic acids is 2. The zero-order chi connectivity index (χ0) is 21.6. The van der Waals surface area contributed by atoms with Crippen LogP contribution in [-0.4, -0.2) is 28.8 Å². The molecule has 0 fully saturated rings. The Morgan fingerprint density at radius 3 is 2.38 bits per heavy atom. The van der Waals surface area contributed by atoms with Gasteiger partial charge in [-0.05, 0) is 68.5 Å². The van der Waals surface area contributed by atoms with Gasteiger partial charge in [-0.1, -0.05) is 53.2 Å². The van der Waals surface area contributed by atoms with E-state index in [-0.39, 0.29) is 24.3 Å². The Morgan fingerprint density at radius 1 is 1.03 bits per heavy atom. The smallest absolute Gasteiger partial charge is 0.242 e. The lowest BCUT2D eigenvalue weighted by molar-refractivity contribution is -0.140. The molecule has 2 aromatic rings. The lowest BCUT2D eigenvalue weighted by Gasteiger charge is -2.30. The summed E-state index contributed by atoms with van der Waals surface area (Å²) in [6, 6.07) is 13.4. The van der Waals surface area contributed by atoms with Crippen molar-refractivity contribution in [3.63, 3.8) is 0 Å². The SMILES string of the molecule is CC[C@@H](C)NC(=O)[C@H](C)N(Cc1cccc(Br)c1)C(=O)Cc1ccc(C)c(C)c1. The standard InChI is InChI=1S/C24H31BrN2O2/c1-6-18(4)26-24(29)19(5)27(15-21-8-7-9-22(25)13-21)23(28)14-20-11-10-16(2)17(3)12-20/h7-13,18-19H,6,14-15H2,1-5H3,(H,26,29)/t18-,19+/m1/s1. The Hall–Kier alpha value is -2.14. The molecule has 4 nitrogen and oxygen atoms in total. The van der Waals surface area contributed by atoms with Crippen molar-refractivity contribution in [3.8, 4) is 0 Å². The first kappa shape index (κ1) is 23.1. The molecular formula is C24H31BrN2O2. The number of benzene rings is 2. The van der Waals surface area contributed by atoms with Crippen LogP contribution in [0, 0.1) is 13.8 Å². The number of carbonyl (C=O) groups is 2. The second kappa shape index (κ2) is 10.6. The molecule has 0 saturated carbocycles. The maximum atomic E-state index is 13.2. The summed E-state index contributed by atoms with van der Waals surface area (Å²) in [4.78, 5) is 27.7. The highest BCUT2D eigenvalue weighted by Gasteiger charge is 2.27. The van der Waals surface area contributed by atoms with Crippen molar-refractivity contribution in [2.75, 3.05) is 0 Å². The van der Waals surface area contributed by atoms with Crippen molar-refractivity contribution in [2.24, 2.45) is 0 Å². The molecule has 2 atom stereocenters. The van der Waals surface area contributed by atoms with Gasteiger partial charge >= 0.3 is 0 Å². The van der Waals surface area contributed by atoms with Crippen molar-refractivity contribution in [1.29, 1.82) is 0 Å². The first-order valence-corrected chi connectivity index (χ1v) is 10.9. The zero-order valence-corrected chi connectivity index (χ0v) is 19.5. The number of hydrogen-bond donors (Lipinski definition) is 1. The van der Waals surface area contributed by atoms with Crippen LogP contribution < -0.4 is 5.32 Å². The molecule has 29 heavy (non-hydrogen) atoms. The van der Waals surface area contributed by atoms with E-state index in [2.05, 4.69) is 34.2 Å². The van der Waals surface area contributed by atoms with E-state index in [0.717, 1.165) is 27.6 Å². The summed E-state index contributed by atoms with van der Waals surface area (Å²) in [6.45, 7) is 10.3. The number of nitrogens with one attached hydrogen (secondary N) is 1. The second-order valence-corrected chi connectivity index (χ2v) is 8.66. The minimum atomic E-state index is -0.554. The minimum absolute atomic E-state index is 0.0555. The number of hydrogen-bond acceptors (Lipinski definition) is 2. The van der Waals surface area contributed by atoms with Gasteiger partial charge in [0, 0.05) is 17.1 Å². The fraction of sp³-hybridized carbons (Fsp3) is 0.417. The predicted octanol–water partition coefficient (Wildman–Crippen LogP) is 4.94. The van der Waals surface area contributed by atoms with E-state index in [1.807, 2.05) is 57.2 Å². The van der Waals surface area contributed by atoms with Gasteiger partial charge in [-0.2, -0.15) is 0 Å². The fourth-order valence-electron chi connectivity index (χ4n) is 3.07. The average molecular weight is 459 g/mol. The number of aryl methyl sites for hydroxylation is 2. The number of halogens is 1. The van der Waals surface area contributed by atoms with E-state index >= 15 is 0 Å². The molecule has 0 aliphatic carbocycles. The van der Waals surface area contributed by atoms with Crippen molar-refractivity contribution in [3.05, 3.63) is 69.2 Å². The molecule has 0 bridgehead atoms. The lowest BCUT2D eigenvalue weighted by Crippen LogP contribution is -2.49. The number of nitrogens with zero attached hydrogens (tertiary/aromatic N) is 1. The van der Waals surface area contributed by atoms with Crippen LogP contribution in [-0.2, 0) is 22.6 Å². The van der Waals surface area contributed by atoms with Gasteiger partial charge in [0.25, 0.3) is 0 Å². The van der Waals surface area contributed by atoms with Crippen molar-refractivity contribution >= 4 is 27.7 Å². The Balaban J connectivity index is 2.25. The third kappa shape index (κ3) is 6.70. The summed E-state index contributed by atoms with van der Waals surface area (Å²) in [5, 5.41) is 3.00. The highest BCUT2D eigenvalue weighted by molar-refractivity contribution is 9.10. The van der Waals surface area contributed by atoms with Crippen molar-refractivity contribution in [2.45, 2.75) is 66.1 Å². The van der Waals surface area contributed by atoms with Crippen LogP contribution in [0.3, 0.4) is 0 Å². The van der Waals surface area contributed by atoms with Crippen molar-refractivity contribution in [1.82, 2.24) is 10.2 Å². The molecule has 0 radical (unpaired) electrons. The lowest BCUT2D eigenvalue weighted by atomic mass is 10.0. The van der Waals surface area contributed by atoms with Crippen LogP contribution in [0.4, 0.5) is 0 Å².